The molecule has 27 heavy (non-hydrogen) atoms. The molecular formula is C20H19BrN2O4. The van der Waals surface area contributed by atoms with Gasteiger partial charge in [-0.25, -0.2) is 4.79 Å². The zero-order chi connectivity index (χ0) is 19.1. The number of halogens is 1. The van der Waals surface area contributed by atoms with Gasteiger partial charge in [0.05, 0.1) is 18.7 Å². The number of ether oxygens (including phenoxy) is 3. The SMILES string of the molecule is NC(=O)OCCCOc1c(OCc2ccccc2)ccc2ncc(Br)cc12. The van der Waals surface area contributed by atoms with Crippen molar-refractivity contribution in [3.05, 3.63) is 64.8 Å². The van der Waals surface area contributed by atoms with Crippen LogP contribution in [0.25, 0.3) is 10.9 Å². The van der Waals surface area contributed by atoms with Crippen LogP contribution in [-0.4, -0.2) is 24.3 Å². The van der Waals surface area contributed by atoms with Crippen molar-refractivity contribution < 1.29 is 19.0 Å². The maximum Gasteiger partial charge on any atom is 0.404 e. The van der Waals surface area contributed by atoms with Crippen molar-refractivity contribution >= 4 is 32.9 Å². The molecule has 0 saturated heterocycles. The maximum absolute atomic E-state index is 10.6. The summed E-state index contributed by atoms with van der Waals surface area (Å²) in [6.07, 6.45) is 1.45. The zero-order valence-electron chi connectivity index (χ0n) is 14.6. The van der Waals surface area contributed by atoms with Crippen LogP contribution < -0.4 is 15.2 Å². The summed E-state index contributed by atoms with van der Waals surface area (Å²) in [6.45, 7) is 0.970. The monoisotopic (exact) mass is 430 g/mol. The van der Waals surface area contributed by atoms with Gasteiger partial charge in [-0.1, -0.05) is 30.3 Å². The molecule has 0 radical (unpaired) electrons. The molecule has 2 aromatic carbocycles. The van der Waals surface area contributed by atoms with Crippen molar-refractivity contribution in [2.75, 3.05) is 13.2 Å². The molecule has 0 spiro atoms. The topological polar surface area (TPSA) is 83.7 Å². The van der Waals surface area contributed by atoms with Crippen LogP contribution in [0.5, 0.6) is 11.5 Å². The summed E-state index contributed by atoms with van der Waals surface area (Å²) in [4.78, 5) is 15.0. The highest BCUT2D eigenvalue weighted by atomic mass is 79.9. The number of aromatic nitrogens is 1. The van der Waals surface area contributed by atoms with Crippen LogP contribution in [0, 0.1) is 0 Å². The van der Waals surface area contributed by atoms with Gasteiger partial charge in [0.2, 0.25) is 0 Å². The van der Waals surface area contributed by atoms with Gasteiger partial charge in [-0.3, -0.25) is 4.98 Å². The minimum atomic E-state index is -0.792. The summed E-state index contributed by atoms with van der Waals surface area (Å²) in [7, 11) is 0. The van der Waals surface area contributed by atoms with E-state index in [0.717, 1.165) is 20.9 Å². The summed E-state index contributed by atoms with van der Waals surface area (Å²) in [6, 6.07) is 15.6. The number of nitrogens with zero attached hydrogens (tertiary/aromatic N) is 1. The van der Waals surface area contributed by atoms with Crippen LogP contribution in [0.2, 0.25) is 0 Å². The minimum absolute atomic E-state index is 0.197. The quantitative estimate of drug-likeness (QED) is 0.533. The normalized spacial score (nSPS) is 10.6. The summed E-state index contributed by atoms with van der Waals surface area (Å²) in [5.74, 6) is 1.23. The van der Waals surface area contributed by atoms with Gasteiger partial charge in [-0.2, -0.15) is 0 Å². The van der Waals surface area contributed by atoms with E-state index in [1.807, 2.05) is 48.5 Å². The van der Waals surface area contributed by atoms with Crippen molar-refractivity contribution in [3.8, 4) is 11.5 Å². The first-order valence-corrected chi connectivity index (χ1v) is 9.23. The predicted molar refractivity (Wildman–Crippen MR) is 106 cm³/mol. The largest absolute Gasteiger partial charge is 0.489 e. The summed E-state index contributed by atoms with van der Waals surface area (Å²) in [5.41, 5.74) is 6.82. The van der Waals surface area contributed by atoms with Gasteiger partial charge in [-0.05, 0) is 39.7 Å². The van der Waals surface area contributed by atoms with E-state index in [-0.39, 0.29) is 6.61 Å². The Labute approximate surface area is 165 Å². The van der Waals surface area contributed by atoms with Gasteiger partial charge < -0.3 is 19.9 Å². The molecule has 0 aliphatic carbocycles. The average molecular weight is 431 g/mol. The molecule has 1 aromatic heterocycles. The molecule has 6 nitrogen and oxygen atoms in total. The highest BCUT2D eigenvalue weighted by Crippen LogP contribution is 2.36. The number of carbonyl (C=O) groups excluding carboxylic acids is 1. The summed E-state index contributed by atoms with van der Waals surface area (Å²) < 4.78 is 17.5. The highest BCUT2D eigenvalue weighted by molar-refractivity contribution is 9.10. The summed E-state index contributed by atoms with van der Waals surface area (Å²) >= 11 is 3.45. The fraction of sp³-hybridized carbons (Fsp3) is 0.200. The van der Waals surface area contributed by atoms with E-state index < -0.39 is 6.09 Å². The fourth-order valence-electron chi connectivity index (χ4n) is 2.53. The molecule has 140 valence electrons. The molecule has 1 amide bonds. The lowest BCUT2D eigenvalue weighted by Crippen LogP contribution is -2.15. The molecule has 3 rings (SSSR count). The lowest BCUT2D eigenvalue weighted by molar-refractivity contribution is 0.147. The third-order valence-corrected chi connectivity index (χ3v) is 4.20. The maximum atomic E-state index is 10.6. The number of hydrogen-bond donors (Lipinski definition) is 1. The lowest BCUT2D eigenvalue weighted by atomic mass is 10.2. The van der Waals surface area contributed by atoms with Crippen molar-refractivity contribution in [2.45, 2.75) is 13.0 Å². The van der Waals surface area contributed by atoms with Gasteiger partial charge in [-0.15, -0.1) is 0 Å². The second-order valence-electron chi connectivity index (χ2n) is 5.76. The Morgan fingerprint density at radius 2 is 1.89 bits per heavy atom. The number of amides is 1. The van der Waals surface area contributed by atoms with Gasteiger partial charge >= 0.3 is 6.09 Å². The molecule has 2 N–H and O–H groups in total. The molecule has 0 fully saturated rings. The van der Waals surface area contributed by atoms with Crippen LogP contribution >= 0.6 is 15.9 Å². The van der Waals surface area contributed by atoms with Gasteiger partial charge in [0.1, 0.15) is 6.61 Å². The Bertz CT molecular complexity index is 919. The molecule has 0 bridgehead atoms. The van der Waals surface area contributed by atoms with Crippen LogP contribution in [0.3, 0.4) is 0 Å². The van der Waals surface area contributed by atoms with Crippen LogP contribution in [0.4, 0.5) is 4.79 Å². The second-order valence-corrected chi connectivity index (χ2v) is 6.67. The number of hydrogen-bond acceptors (Lipinski definition) is 5. The minimum Gasteiger partial charge on any atom is -0.489 e. The smallest absolute Gasteiger partial charge is 0.404 e. The Morgan fingerprint density at radius 1 is 1.07 bits per heavy atom. The number of rotatable bonds is 8. The lowest BCUT2D eigenvalue weighted by Gasteiger charge is -2.15. The molecule has 0 aliphatic heterocycles. The Hall–Kier alpha value is -2.80. The molecule has 1 heterocycles. The Kier molecular flexibility index (Phi) is 6.49. The van der Waals surface area contributed by atoms with E-state index >= 15 is 0 Å². The Morgan fingerprint density at radius 3 is 2.67 bits per heavy atom. The number of carbonyl (C=O) groups is 1. The van der Waals surface area contributed by atoms with E-state index in [1.54, 1.807) is 6.20 Å². The molecule has 0 unspecified atom stereocenters. The zero-order valence-corrected chi connectivity index (χ0v) is 16.1. The average Bonchev–Trinajstić information content (AvgIpc) is 2.67. The number of pyridine rings is 1. The van der Waals surface area contributed by atoms with E-state index in [4.69, 9.17) is 19.9 Å². The Balaban J connectivity index is 1.79. The number of primary amides is 1. The van der Waals surface area contributed by atoms with Crippen LogP contribution in [0.15, 0.2) is 59.2 Å². The third kappa shape index (κ3) is 5.34. The van der Waals surface area contributed by atoms with E-state index in [0.29, 0.717) is 31.1 Å². The van der Waals surface area contributed by atoms with Crippen molar-refractivity contribution in [3.63, 3.8) is 0 Å². The van der Waals surface area contributed by atoms with Gasteiger partial charge in [0.25, 0.3) is 0 Å². The van der Waals surface area contributed by atoms with Crippen molar-refractivity contribution in [1.29, 1.82) is 0 Å². The molecular weight excluding hydrogens is 412 g/mol. The van der Waals surface area contributed by atoms with Crippen molar-refractivity contribution in [1.82, 2.24) is 4.98 Å². The molecule has 3 aromatic rings. The number of nitrogens with two attached hydrogens (primary N) is 1. The van der Waals surface area contributed by atoms with E-state index in [2.05, 4.69) is 20.9 Å². The summed E-state index contributed by atoms with van der Waals surface area (Å²) in [5, 5.41) is 0.839. The molecule has 0 aliphatic rings. The number of fused-ring (bicyclic) bond motifs is 1. The molecule has 0 atom stereocenters. The van der Waals surface area contributed by atoms with E-state index in [1.165, 1.54) is 0 Å². The molecule has 0 saturated carbocycles. The van der Waals surface area contributed by atoms with Gasteiger partial charge in [0, 0.05) is 22.5 Å². The second kappa shape index (κ2) is 9.23. The van der Waals surface area contributed by atoms with Crippen LogP contribution in [-0.2, 0) is 11.3 Å². The molecule has 7 heteroatoms. The highest BCUT2D eigenvalue weighted by Gasteiger charge is 2.12. The van der Waals surface area contributed by atoms with Gasteiger partial charge in [0.15, 0.2) is 11.5 Å². The third-order valence-electron chi connectivity index (χ3n) is 3.76. The van der Waals surface area contributed by atoms with E-state index in [9.17, 15) is 4.79 Å². The van der Waals surface area contributed by atoms with Crippen molar-refractivity contribution in [2.24, 2.45) is 5.73 Å². The predicted octanol–water partition coefficient (Wildman–Crippen LogP) is 4.44. The van der Waals surface area contributed by atoms with Crippen LogP contribution in [0.1, 0.15) is 12.0 Å². The first-order valence-electron chi connectivity index (χ1n) is 8.43. The first kappa shape index (κ1) is 19.0. The standard InChI is InChI=1S/C20H19BrN2O4/c21-15-11-16-17(23-12-15)7-8-18(27-13-14-5-2-1-3-6-14)19(16)25-9-4-10-26-20(22)24/h1-3,5-8,11-12H,4,9-10,13H2,(H2,22,24). The number of benzene rings is 2. The fourth-order valence-corrected chi connectivity index (χ4v) is 2.86. The first-order chi connectivity index (χ1) is 13.1.